The van der Waals surface area contributed by atoms with Crippen LogP contribution in [0.4, 0.5) is 0 Å². The second-order valence-corrected chi connectivity index (χ2v) is 16.2. The summed E-state index contributed by atoms with van der Waals surface area (Å²) < 4.78 is 16.5. The number of aryl methyl sites for hydroxylation is 1. The largest absolute Gasteiger partial charge is 0.414 e. The minimum Gasteiger partial charge on any atom is -0.414 e. The summed E-state index contributed by atoms with van der Waals surface area (Å²) in [7, 11) is -2.00. The smallest absolute Gasteiger partial charge is 0.330 e. The van der Waals surface area contributed by atoms with Gasteiger partial charge in [-0.05, 0) is 37.9 Å². The summed E-state index contributed by atoms with van der Waals surface area (Å²) >= 11 is 0. The lowest BCUT2D eigenvalue weighted by Gasteiger charge is -2.37. The van der Waals surface area contributed by atoms with Gasteiger partial charge >= 0.3 is 5.69 Å². The molecule has 1 saturated carbocycles. The predicted molar refractivity (Wildman–Crippen MR) is 133 cm³/mol. The van der Waals surface area contributed by atoms with Crippen LogP contribution in [0.2, 0.25) is 18.1 Å². The second-order valence-electron chi connectivity index (χ2n) is 11.4. The molecule has 2 aromatic rings. The number of H-pyrrole nitrogens is 1. The molecule has 0 unspecified atom stereocenters. The molecule has 2 aliphatic rings. The third-order valence-corrected chi connectivity index (χ3v) is 12.5. The van der Waals surface area contributed by atoms with Crippen molar-refractivity contribution in [1.29, 1.82) is 0 Å². The first-order chi connectivity index (χ1) is 16.0. The molecule has 1 aliphatic carbocycles. The predicted octanol–water partition coefficient (Wildman–Crippen LogP) is 4.03. The highest BCUT2D eigenvalue weighted by atomic mass is 28.4. The summed E-state index contributed by atoms with van der Waals surface area (Å²) in [6, 6.07) is -0.103. The molecule has 188 valence electrons. The van der Waals surface area contributed by atoms with Crippen LogP contribution in [-0.4, -0.2) is 45.6 Å². The van der Waals surface area contributed by atoms with Crippen LogP contribution in [0.15, 0.2) is 22.0 Å². The van der Waals surface area contributed by atoms with E-state index in [1.54, 1.807) is 13.1 Å². The van der Waals surface area contributed by atoms with Crippen molar-refractivity contribution in [2.24, 2.45) is 0 Å². The van der Waals surface area contributed by atoms with Gasteiger partial charge in [0.15, 0.2) is 8.32 Å². The first-order valence-electron chi connectivity index (χ1n) is 12.5. The van der Waals surface area contributed by atoms with Crippen molar-refractivity contribution in [3.63, 3.8) is 0 Å². The number of nitrogens with zero attached hydrogens (tertiary/aromatic N) is 4. The molecule has 34 heavy (non-hydrogen) atoms. The molecule has 0 amide bonds. The van der Waals surface area contributed by atoms with Crippen LogP contribution in [0.3, 0.4) is 0 Å². The fraction of sp³-hybridized carbons (Fsp3) is 0.750. The highest BCUT2D eigenvalue weighted by Gasteiger charge is 2.43. The average Bonchev–Trinajstić information content (AvgIpc) is 3.41. The quantitative estimate of drug-likeness (QED) is 0.614. The van der Waals surface area contributed by atoms with E-state index in [1.807, 2.05) is 10.9 Å². The number of aromatic nitrogens is 5. The molecular formula is C24H39N5O4Si. The van der Waals surface area contributed by atoms with E-state index in [2.05, 4.69) is 49.2 Å². The van der Waals surface area contributed by atoms with Crippen LogP contribution >= 0.6 is 0 Å². The van der Waals surface area contributed by atoms with Crippen LogP contribution in [0, 0.1) is 6.92 Å². The fourth-order valence-corrected chi connectivity index (χ4v) is 5.81. The van der Waals surface area contributed by atoms with E-state index in [1.165, 1.54) is 23.8 Å². The third-order valence-electron chi connectivity index (χ3n) is 8.02. The number of aromatic amines is 1. The summed E-state index contributed by atoms with van der Waals surface area (Å²) in [5.74, 6) is 0.447. The van der Waals surface area contributed by atoms with Gasteiger partial charge in [-0.25, -0.2) is 9.48 Å². The second kappa shape index (κ2) is 9.54. The van der Waals surface area contributed by atoms with Crippen LogP contribution in [-0.2, 0) is 9.16 Å². The number of hydrogen-bond acceptors (Lipinski definition) is 6. The highest BCUT2D eigenvalue weighted by Crippen LogP contribution is 2.42. The summed E-state index contributed by atoms with van der Waals surface area (Å²) in [4.78, 5) is 26.9. The van der Waals surface area contributed by atoms with Crippen molar-refractivity contribution in [3.05, 3.63) is 44.5 Å². The lowest BCUT2D eigenvalue weighted by atomic mass is 9.87. The minimum absolute atomic E-state index is 0.0774. The summed E-state index contributed by atoms with van der Waals surface area (Å²) in [5.41, 5.74) is 0.793. The fourth-order valence-electron chi connectivity index (χ4n) is 4.80. The zero-order valence-electron chi connectivity index (χ0n) is 21.3. The van der Waals surface area contributed by atoms with Gasteiger partial charge in [-0.15, -0.1) is 5.10 Å². The molecule has 10 heteroatoms. The van der Waals surface area contributed by atoms with Gasteiger partial charge in [0.05, 0.1) is 24.5 Å². The minimum atomic E-state index is -2.00. The number of hydrogen-bond donors (Lipinski definition) is 1. The highest BCUT2D eigenvalue weighted by molar-refractivity contribution is 6.74. The van der Waals surface area contributed by atoms with Crippen molar-refractivity contribution >= 4 is 8.32 Å². The molecule has 2 fully saturated rings. The molecule has 1 aliphatic heterocycles. The Kier molecular flexibility index (Phi) is 7.03. The Morgan fingerprint density at radius 1 is 1.21 bits per heavy atom. The van der Waals surface area contributed by atoms with Crippen molar-refractivity contribution < 1.29 is 9.16 Å². The van der Waals surface area contributed by atoms with Crippen LogP contribution < -0.4 is 11.2 Å². The Morgan fingerprint density at radius 3 is 2.59 bits per heavy atom. The van der Waals surface area contributed by atoms with Gasteiger partial charge in [0.25, 0.3) is 5.56 Å². The van der Waals surface area contributed by atoms with Gasteiger partial charge in [0.2, 0.25) is 0 Å². The van der Waals surface area contributed by atoms with E-state index in [-0.39, 0.29) is 22.7 Å². The summed E-state index contributed by atoms with van der Waals surface area (Å²) in [6.07, 6.45) is 9.28. The van der Waals surface area contributed by atoms with Crippen LogP contribution in [0.5, 0.6) is 0 Å². The SMILES string of the molecule is Cc1cn([C@H]2C[C@H](n3nncc3C3CCCCC3)[C@@H](CO[Si](C)(C)C(C)(C)C)O2)c(=O)[nH]c1=O. The molecule has 0 radical (unpaired) electrons. The molecule has 4 rings (SSSR count). The lowest BCUT2D eigenvalue weighted by molar-refractivity contribution is -0.0300. The van der Waals surface area contributed by atoms with Gasteiger partial charge in [-0.3, -0.25) is 14.3 Å². The monoisotopic (exact) mass is 489 g/mol. The van der Waals surface area contributed by atoms with Gasteiger partial charge in [0.1, 0.15) is 12.3 Å². The van der Waals surface area contributed by atoms with E-state index in [9.17, 15) is 9.59 Å². The van der Waals surface area contributed by atoms with Crippen LogP contribution in [0.1, 0.15) is 88.7 Å². The van der Waals surface area contributed by atoms with Gasteiger partial charge in [0, 0.05) is 24.1 Å². The topological polar surface area (TPSA) is 104 Å². The molecular weight excluding hydrogens is 450 g/mol. The Labute approximate surface area is 202 Å². The Balaban J connectivity index is 1.65. The maximum Gasteiger partial charge on any atom is 0.330 e. The first-order valence-corrected chi connectivity index (χ1v) is 15.4. The molecule has 9 nitrogen and oxygen atoms in total. The van der Waals surface area contributed by atoms with Crippen molar-refractivity contribution in [3.8, 4) is 0 Å². The van der Waals surface area contributed by atoms with Crippen molar-refractivity contribution in [2.75, 3.05) is 6.61 Å². The normalized spacial score (nSPS) is 24.6. The zero-order valence-corrected chi connectivity index (χ0v) is 22.3. The standard InChI is InChI=1S/C24H39N5O4Si/c1-16-14-28(23(31)26-22(16)30)21-12-18(20(33-21)15-32-34(5,6)24(2,3)4)29-19(13-25-27-29)17-10-8-7-9-11-17/h13-14,17-18,20-21H,7-12,15H2,1-6H3,(H,26,30,31)/t18-,20+,21+/m0/s1. The van der Waals surface area contributed by atoms with Gasteiger partial charge in [-0.2, -0.15) is 0 Å². The summed E-state index contributed by atoms with van der Waals surface area (Å²) in [5, 5.41) is 8.85. The Bertz CT molecular complexity index is 1110. The molecule has 0 spiro atoms. The van der Waals surface area contributed by atoms with Gasteiger partial charge < -0.3 is 9.16 Å². The van der Waals surface area contributed by atoms with E-state index in [4.69, 9.17) is 9.16 Å². The zero-order chi connectivity index (χ0) is 24.7. The molecule has 1 saturated heterocycles. The van der Waals surface area contributed by atoms with Crippen molar-refractivity contribution in [1.82, 2.24) is 24.5 Å². The molecule has 0 bridgehead atoms. The molecule has 3 heterocycles. The Morgan fingerprint density at radius 2 is 1.91 bits per heavy atom. The average molecular weight is 490 g/mol. The van der Waals surface area contributed by atoms with E-state index in [0.717, 1.165) is 18.5 Å². The first kappa shape index (κ1) is 25.1. The maximum absolute atomic E-state index is 12.6. The lowest BCUT2D eigenvalue weighted by Crippen LogP contribution is -2.43. The van der Waals surface area contributed by atoms with Crippen LogP contribution in [0.25, 0.3) is 0 Å². The molecule has 2 aromatic heterocycles. The Hall–Kier alpha value is -2.04. The number of nitrogens with one attached hydrogen (secondary N) is 1. The van der Waals surface area contributed by atoms with E-state index < -0.39 is 20.2 Å². The molecule has 0 aromatic carbocycles. The molecule has 3 atom stereocenters. The van der Waals surface area contributed by atoms with Gasteiger partial charge in [-0.1, -0.05) is 45.2 Å². The maximum atomic E-state index is 12.6. The number of ether oxygens (including phenoxy) is 1. The van der Waals surface area contributed by atoms with E-state index in [0.29, 0.717) is 24.5 Å². The molecule has 1 N–H and O–H groups in total. The third kappa shape index (κ3) is 4.99. The van der Waals surface area contributed by atoms with Crippen molar-refractivity contribution in [2.45, 2.75) is 109 Å². The number of rotatable bonds is 6. The van der Waals surface area contributed by atoms with E-state index >= 15 is 0 Å². The summed E-state index contributed by atoms with van der Waals surface area (Å²) in [6.45, 7) is 13.2.